The molecule has 22 heavy (non-hydrogen) atoms. The molecule has 0 bridgehead atoms. The molecule has 0 saturated heterocycles. The molecule has 1 amide bonds. The van der Waals surface area contributed by atoms with Gasteiger partial charge in [0, 0.05) is 13.1 Å². The van der Waals surface area contributed by atoms with Gasteiger partial charge in [-0.3, -0.25) is 4.79 Å². The number of likely N-dealkylation sites (N-methyl/N-ethyl adjacent to an activating group) is 1. The second-order valence-corrected chi connectivity index (χ2v) is 4.95. The van der Waals surface area contributed by atoms with Crippen molar-refractivity contribution < 1.29 is 9.18 Å². The summed E-state index contributed by atoms with van der Waals surface area (Å²) < 4.78 is 13.5. The average Bonchev–Trinajstić information content (AvgIpc) is 2.50. The second-order valence-electron chi connectivity index (χ2n) is 4.95. The maximum absolute atomic E-state index is 13.5. The Morgan fingerprint density at radius 2 is 2.00 bits per heavy atom. The molecule has 1 aromatic heterocycles. The molecule has 1 aromatic carbocycles. The molecule has 2 rings (SSSR count). The highest BCUT2D eigenvalue weighted by molar-refractivity contribution is 6.02. The SMILES string of the molecule is CN(C)CCNc1cnc(C(=O)Nc2ccccc2F)cn1. The fourth-order valence-corrected chi connectivity index (χ4v) is 1.69. The van der Waals surface area contributed by atoms with E-state index in [4.69, 9.17) is 0 Å². The first-order valence-electron chi connectivity index (χ1n) is 6.83. The van der Waals surface area contributed by atoms with Gasteiger partial charge in [-0.25, -0.2) is 14.4 Å². The topological polar surface area (TPSA) is 70.2 Å². The monoisotopic (exact) mass is 303 g/mol. The van der Waals surface area contributed by atoms with Crippen LogP contribution in [0.5, 0.6) is 0 Å². The molecule has 2 N–H and O–H groups in total. The Balaban J connectivity index is 1.95. The van der Waals surface area contributed by atoms with Gasteiger partial charge < -0.3 is 15.5 Å². The van der Waals surface area contributed by atoms with Crippen molar-refractivity contribution in [1.29, 1.82) is 0 Å². The molecular weight excluding hydrogens is 285 g/mol. The Labute approximate surface area is 128 Å². The van der Waals surface area contributed by atoms with E-state index in [1.165, 1.54) is 24.5 Å². The average molecular weight is 303 g/mol. The molecule has 0 saturated carbocycles. The van der Waals surface area contributed by atoms with Gasteiger partial charge >= 0.3 is 0 Å². The zero-order valence-electron chi connectivity index (χ0n) is 12.5. The summed E-state index contributed by atoms with van der Waals surface area (Å²) in [6.45, 7) is 1.58. The summed E-state index contributed by atoms with van der Waals surface area (Å²) in [5, 5.41) is 5.55. The van der Waals surface area contributed by atoms with E-state index in [0.717, 1.165) is 13.1 Å². The predicted molar refractivity (Wildman–Crippen MR) is 83.4 cm³/mol. The van der Waals surface area contributed by atoms with Gasteiger partial charge in [0.15, 0.2) is 0 Å². The van der Waals surface area contributed by atoms with Crippen LogP contribution >= 0.6 is 0 Å². The molecule has 116 valence electrons. The summed E-state index contributed by atoms with van der Waals surface area (Å²) in [6.07, 6.45) is 2.83. The molecule has 6 nitrogen and oxygen atoms in total. The lowest BCUT2D eigenvalue weighted by Gasteiger charge is -2.10. The number of carbonyl (C=O) groups is 1. The lowest BCUT2D eigenvalue weighted by molar-refractivity contribution is 0.102. The van der Waals surface area contributed by atoms with Crippen molar-refractivity contribution in [2.45, 2.75) is 0 Å². The zero-order valence-corrected chi connectivity index (χ0v) is 12.5. The highest BCUT2D eigenvalue weighted by Gasteiger charge is 2.10. The molecule has 0 aliphatic heterocycles. The summed E-state index contributed by atoms with van der Waals surface area (Å²) in [6, 6.07) is 5.96. The summed E-state index contributed by atoms with van der Waals surface area (Å²) in [7, 11) is 3.95. The van der Waals surface area contributed by atoms with Gasteiger partial charge in [-0.05, 0) is 26.2 Å². The molecule has 7 heteroatoms. The van der Waals surface area contributed by atoms with E-state index in [2.05, 4.69) is 20.6 Å². The van der Waals surface area contributed by atoms with Crippen molar-refractivity contribution in [2.75, 3.05) is 37.8 Å². The van der Waals surface area contributed by atoms with E-state index in [-0.39, 0.29) is 11.4 Å². The van der Waals surface area contributed by atoms with Gasteiger partial charge in [-0.15, -0.1) is 0 Å². The van der Waals surface area contributed by atoms with Crippen molar-refractivity contribution >= 4 is 17.4 Å². The van der Waals surface area contributed by atoms with Gasteiger partial charge in [0.2, 0.25) is 0 Å². The molecule has 0 aliphatic rings. The number of amides is 1. The van der Waals surface area contributed by atoms with E-state index in [9.17, 15) is 9.18 Å². The van der Waals surface area contributed by atoms with Gasteiger partial charge in [0.05, 0.1) is 18.1 Å². The summed E-state index contributed by atoms with van der Waals surface area (Å²) in [4.78, 5) is 22.2. The summed E-state index contributed by atoms with van der Waals surface area (Å²) in [5.41, 5.74) is 0.240. The number of carbonyl (C=O) groups excluding carboxylic acids is 1. The quantitative estimate of drug-likeness (QED) is 0.852. The minimum Gasteiger partial charge on any atom is -0.368 e. The molecule has 0 fully saturated rings. The smallest absolute Gasteiger partial charge is 0.275 e. The lowest BCUT2D eigenvalue weighted by atomic mass is 10.3. The largest absolute Gasteiger partial charge is 0.368 e. The maximum Gasteiger partial charge on any atom is 0.275 e. The van der Waals surface area contributed by atoms with Crippen LogP contribution in [0.4, 0.5) is 15.9 Å². The third kappa shape index (κ3) is 4.49. The van der Waals surface area contributed by atoms with Crippen LogP contribution in [-0.4, -0.2) is 48.0 Å². The van der Waals surface area contributed by atoms with Crippen LogP contribution in [0.15, 0.2) is 36.7 Å². The van der Waals surface area contributed by atoms with Crippen molar-refractivity contribution in [3.05, 3.63) is 48.2 Å². The fraction of sp³-hybridized carbons (Fsp3) is 0.267. The van der Waals surface area contributed by atoms with Gasteiger partial charge in [-0.2, -0.15) is 0 Å². The Morgan fingerprint density at radius 3 is 2.64 bits per heavy atom. The van der Waals surface area contributed by atoms with Gasteiger partial charge in [0.25, 0.3) is 5.91 Å². The molecule has 1 heterocycles. The molecule has 0 radical (unpaired) electrons. The van der Waals surface area contributed by atoms with Crippen molar-refractivity contribution in [1.82, 2.24) is 14.9 Å². The number of benzene rings is 1. The molecule has 0 unspecified atom stereocenters. The molecule has 0 atom stereocenters. The maximum atomic E-state index is 13.5. The Hall–Kier alpha value is -2.54. The van der Waals surface area contributed by atoms with Gasteiger partial charge in [-0.1, -0.05) is 12.1 Å². The number of hydrogen-bond acceptors (Lipinski definition) is 5. The predicted octanol–water partition coefficient (Wildman–Crippen LogP) is 1.84. The number of halogens is 1. The standard InChI is InChI=1S/C15H18FN5O/c1-21(2)8-7-17-14-10-18-13(9-19-14)15(22)20-12-6-4-3-5-11(12)16/h3-6,9-10H,7-8H2,1-2H3,(H,17,19)(H,20,22). The van der Waals surface area contributed by atoms with Crippen LogP contribution in [0.1, 0.15) is 10.5 Å². The van der Waals surface area contributed by atoms with E-state index in [0.29, 0.717) is 5.82 Å². The Kier molecular flexibility index (Phi) is 5.37. The molecule has 2 aromatic rings. The fourth-order valence-electron chi connectivity index (χ4n) is 1.69. The number of hydrogen-bond donors (Lipinski definition) is 2. The van der Waals surface area contributed by atoms with Gasteiger partial charge in [0.1, 0.15) is 17.3 Å². The number of nitrogens with one attached hydrogen (secondary N) is 2. The Bertz CT molecular complexity index is 630. The van der Waals surface area contributed by atoms with Crippen molar-refractivity contribution in [2.24, 2.45) is 0 Å². The third-order valence-electron chi connectivity index (χ3n) is 2.87. The lowest BCUT2D eigenvalue weighted by Crippen LogP contribution is -2.21. The molecule has 0 aliphatic carbocycles. The van der Waals surface area contributed by atoms with E-state index in [1.807, 2.05) is 19.0 Å². The van der Waals surface area contributed by atoms with Crippen LogP contribution in [-0.2, 0) is 0 Å². The first kappa shape index (κ1) is 15.8. The number of para-hydroxylation sites is 1. The minimum atomic E-state index is -0.502. The highest BCUT2D eigenvalue weighted by atomic mass is 19.1. The van der Waals surface area contributed by atoms with E-state index >= 15 is 0 Å². The first-order chi connectivity index (χ1) is 10.6. The third-order valence-corrected chi connectivity index (χ3v) is 2.87. The van der Waals surface area contributed by atoms with Crippen molar-refractivity contribution in [3.8, 4) is 0 Å². The van der Waals surface area contributed by atoms with Crippen LogP contribution in [0.2, 0.25) is 0 Å². The normalized spacial score (nSPS) is 10.5. The number of nitrogens with zero attached hydrogens (tertiary/aromatic N) is 3. The molecule has 0 spiro atoms. The summed E-state index contributed by atoms with van der Waals surface area (Å²) >= 11 is 0. The second kappa shape index (κ2) is 7.46. The summed E-state index contributed by atoms with van der Waals surface area (Å²) in [5.74, 6) is -0.410. The first-order valence-corrected chi connectivity index (χ1v) is 6.83. The van der Waals surface area contributed by atoms with E-state index in [1.54, 1.807) is 12.1 Å². The van der Waals surface area contributed by atoms with Crippen LogP contribution in [0.3, 0.4) is 0 Å². The number of aromatic nitrogens is 2. The Morgan fingerprint density at radius 1 is 1.23 bits per heavy atom. The zero-order chi connectivity index (χ0) is 15.9. The van der Waals surface area contributed by atoms with Crippen molar-refractivity contribution in [3.63, 3.8) is 0 Å². The highest BCUT2D eigenvalue weighted by Crippen LogP contribution is 2.13. The molecular formula is C15H18FN5O. The minimum absolute atomic E-state index is 0.113. The van der Waals surface area contributed by atoms with Crippen LogP contribution < -0.4 is 10.6 Å². The van der Waals surface area contributed by atoms with E-state index < -0.39 is 11.7 Å². The number of anilines is 2. The van der Waals surface area contributed by atoms with Crippen LogP contribution in [0, 0.1) is 5.82 Å². The number of rotatable bonds is 6. The van der Waals surface area contributed by atoms with Crippen LogP contribution in [0.25, 0.3) is 0 Å².